The number of nitrogens with zero attached hydrogens (tertiary/aromatic N) is 2. The molecule has 8 heteroatoms. The molecule has 7 nitrogen and oxygen atoms in total. The van der Waals surface area contributed by atoms with Crippen molar-refractivity contribution in [1.29, 1.82) is 0 Å². The van der Waals surface area contributed by atoms with E-state index in [1.165, 1.54) is 6.92 Å². The molecule has 0 heterocycles. The zero-order chi connectivity index (χ0) is 15.8. The van der Waals surface area contributed by atoms with E-state index in [1.807, 2.05) is 22.9 Å². The fourth-order valence-corrected chi connectivity index (χ4v) is 2.11. The first-order valence-electron chi connectivity index (χ1n) is 6.13. The Morgan fingerprint density at radius 2 is 2.05 bits per heavy atom. The molecule has 3 N–H and O–H groups in total. The third-order valence-corrected chi connectivity index (χ3v) is 3.55. The zero-order valence-electron chi connectivity index (χ0n) is 11.3. The van der Waals surface area contributed by atoms with Crippen LogP contribution in [0, 0.1) is 0 Å². The third-order valence-electron chi connectivity index (χ3n) is 2.79. The summed E-state index contributed by atoms with van der Waals surface area (Å²) < 4.78 is 2.84. The van der Waals surface area contributed by atoms with Gasteiger partial charge in [0.2, 0.25) is 5.91 Å². The minimum Gasteiger partial charge on any atom is -0.508 e. The molecular weight excluding hydrogens is 387 g/mol. The predicted molar refractivity (Wildman–Crippen MR) is 85.0 cm³/mol. The number of Topliss-reactive ketones (excluding diaryl/α,β-unsaturated/α-hetero) is 1. The summed E-state index contributed by atoms with van der Waals surface area (Å²) in [6, 6.07) is 5.22. The van der Waals surface area contributed by atoms with Crippen LogP contribution in [0.15, 0.2) is 24.3 Å². The molecular formula is C13H15IN4O3. The summed E-state index contributed by atoms with van der Waals surface area (Å²) in [4.78, 5) is 26.1. The van der Waals surface area contributed by atoms with Gasteiger partial charge in [-0.15, -0.1) is 0 Å². The molecule has 0 saturated heterocycles. The number of nitrogens with one attached hydrogen (secondary N) is 2. The molecule has 0 radical (unpaired) electrons. The van der Waals surface area contributed by atoms with Crippen LogP contribution in [0.1, 0.15) is 12.5 Å². The Balaban J connectivity index is 2.66. The van der Waals surface area contributed by atoms with Crippen LogP contribution in [0.25, 0.3) is 5.53 Å². The quantitative estimate of drug-likeness (QED) is 0.204. The van der Waals surface area contributed by atoms with Gasteiger partial charge < -0.3 is 16.0 Å². The monoisotopic (exact) mass is 402 g/mol. The molecule has 0 aliphatic carbocycles. The first-order chi connectivity index (χ1) is 9.97. The van der Waals surface area contributed by atoms with Crippen molar-refractivity contribution in [1.82, 2.24) is 8.85 Å². The Hall–Kier alpha value is -1.77. The van der Waals surface area contributed by atoms with E-state index < -0.39 is 17.9 Å². The summed E-state index contributed by atoms with van der Waals surface area (Å²) in [7, 11) is 0. The smallest absolute Gasteiger partial charge is 0.325 e. The number of carbonyl (C=O) groups is 2. The Morgan fingerprint density at radius 3 is 2.57 bits per heavy atom. The molecule has 0 aromatic heterocycles. The van der Waals surface area contributed by atoms with E-state index in [0.29, 0.717) is 6.42 Å². The van der Waals surface area contributed by atoms with Crippen LogP contribution in [0.2, 0.25) is 0 Å². The number of halogens is 1. The number of hydrogen-bond donors (Lipinski definition) is 3. The van der Waals surface area contributed by atoms with Gasteiger partial charge in [-0.1, -0.05) is 12.1 Å². The Kier molecular flexibility index (Phi) is 7.00. The van der Waals surface area contributed by atoms with Gasteiger partial charge in [-0.05, 0) is 31.0 Å². The summed E-state index contributed by atoms with van der Waals surface area (Å²) >= 11 is 1.87. The number of benzene rings is 1. The number of aromatic hydroxyl groups is 1. The number of phenolic OH excluding ortho intramolecular Hbond substituents is 1. The minimum absolute atomic E-state index is 0.157. The Bertz CT molecular complexity index is 555. The highest BCUT2D eigenvalue weighted by Gasteiger charge is 2.23. The lowest BCUT2D eigenvalue weighted by Gasteiger charge is -2.17. The van der Waals surface area contributed by atoms with E-state index in [1.54, 1.807) is 24.3 Å². The molecule has 0 saturated carbocycles. The standard InChI is InChI=1S/C13H15IN4O3/c1-8(12(20)7-16-15)17-13(21)11(18-14)6-9-2-4-10(19)5-3-9/h2-5,7-8,11,18-19H,6H2,1H3,(H,17,21). The van der Waals surface area contributed by atoms with Gasteiger partial charge in [0, 0.05) is 22.9 Å². The second kappa shape index (κ2) is 8.50. The van der Waals surface area contributed by atoms with Crippen LogP contribution in [0.3, 0.4) is 0 Å². The number of hydrogen-bond acceptors (Lipinski definition) is 4. The van der Waals surface area contributed by atoms with Gasteiger partial charge in [0.05, 0.1) is 12.1 Å². The lowest BCUT2D eigenvalue weighted by Crippen LogP contribution is -2.48. The van der Waals surface area contributed by atoms with Gasteiger partial charge in [0.25, 0.3) is 5.78 Å². The van der Waals surface area contributed by atoms with E-state index in [9.17, 15) is 14.7 Å². The van der Waals surface area contributed by atoms with Crippen LogP contribution in [0.5, 0.6) is 5.75 Å². The van der Waals surface area contributed by atoms with Crippen LogP contribution in [0.4, 0.5) is 0 Å². The summed E-state index contributed by atoms with van der Waals surface area (Å²) in [6.45, 7) is 1.51. The van der Waals surface area contributed by atoms with E-state index in [2.05, 4.69) is 13.6 Å². The van der Waals surface area contributed by atoms with Crippen LogP contribution < -0.4 is 8.85 Å². The maximum atomic E-state index is 12.1. The van der Waals surface area contributed by atoms with Crippen LogP contribution in [-0.2, 0) is 16.0 Å². The fourth-order valence-electron chi connectivity index (χ4n) is 1.60. The van der Waals surface area contributed by atoms with E-state index in [-0.39, 0.29) is 11.7 Å². The van der Waals surface area contributed by atoms with E-state index >= 15 is 0 Å². The highest BCUT2D eigenvalue weighted by molar-refractivity contribution is 14.1. The lowest BCUT2D eigenvalue weighted by atomic mass is 10.1. The summed E-state index contributed by atoms with van der Waals surface area (Å²) in [6.07, 6.45) is 1.15. The Morgan fingerprint density at radius 1 is 1.43 bits per heavy atom. The SMILES string of the molecule is CC(NC(=O)C(Cc1ccc(O)cc1)NI)C(=O)C=[N+]=[N-]. The maximum absolute atomic E-state index is 12.1. The van der Waals surface area contributed by atoms with Gasteiger partial charge in [0.15, 0.2) is 0 Å². The van der Waals surface area contributed by atoms with Gasteiger partial charge >= 0.3 is 6.21 Å². The average Bonchev–Trinajstić information content (AvgIpc) is 2.46. The molecule has 0 fully saturated rings. The molecule has 1 rings (SSSR count). The average molecular weight is 402 g/mol. The van der Waals surface area contributed by atoms with Crippen LogP contribution >= 0.6 is 22.9 Å². The number of rotatable bonds is 7. The van der Waals surface area contributed by atoms with Gasteiger partial charge in [-0.2, -0.15) is 4.79 Å². The normalized spacial score (nSPS) is 12.9. The fraction of sp³-hybridized carbons (Fsp3) is 0.308. The first-order valence-corrected chi connectivity index (χ1v) is 7.21. The molecule has 0 bridgehead atoms. The third kappa shape index (κ3) is 5.62. The van der Waals surface area contributed by atoms with Gasteiger partial charge in [0.1, 0.15) is 5.75 Å². The van der Waals surface area contributed by atoms with Crippen molar-refractivity contribution < 1.29 is 19.5 Å². The highest BCUT2D eigenvalue weighted by atomic mass is 127. The lowest BCUT2D eigenvalue weighted by molar-refractivity contribution is -0.126. The molecule has 0 aliphatic rings. The number of carbonyl (C=O) groups excluding carboxylic acids is 2. The van der Waals surface area contributed by atoms with Crippen LogP contribution in [-0.4, -0.2) is 39.9 Å². The van der Waals surface area contributed by atoms with E-state index in [4.69, 9.17) is 5.53 Å². The first kappa shape index (κ1) is 17.3. The molecule has 2 atom stereocenters. The zero-order valence-corrected chi connectivity index (χ0v) is 13.4. The topological polar surface area (TPSA) is 115 Å². The summed E-state index contributed by atoms with van der Waals surface area (Å²) in [5.41, 5.74) is 9.16. The molecule has 1 amide bonds. The molecule has 1 aromatic rings. The number of phenols is 1. The van der Waals surface area contributed by atoms with Gasteiger partial charge in [-0.25, -0.2) is 3.53 Å². The molecule has 2 unspecified atom stereocenters. The molecule has 0 spiro atoms. The van der Waals surface area contributed by atoms with Crippen molar-refractivity contribution in [2.75, 3.05) is 0 Å². The number of amides is 1. The van der Waals surface area contributed by atoms with Crippen molar-refractivity contribution in [3.05, 3.63) is 35.4 Å². The van der Waals surface area contributed by atoms with Gasteiger partial charge in [-0.3, -0.25) is 9.59 Å². The maximum Gasteiger partial charge on any atom is 0.325 e. The number of ketones is 1. The van der Waals surface area contributed by atoms with E-state index in [0.717, 1.165) is 11.8 Å². The van der Waals surface area contributed by atoms with Crippen molar-refractivity contribution >= 4 is 40.8 Å². The van der Waals surface area contributed by atoms with Crippen molar-refractivity contribution in [3.63, 3.8) is 0 Å². The summed E-state index contributed by atoms with van der Waals surface area (Å²) in [5, 5.41) is 11.8. The molecule has 21 heavy (non-hydrogen) atoms. The molecule has 1 aromatic carbocycles. The largest absolute Gasteiger partial charge is 0.508 e. The second-order valence-corrected chi connectivity index (χ2v) is 5.03. The van der Waals surface area contributed by atoms with Crippen molar-refractivity contribution in [3.8, 4) is 5.75 Å². The Labute approximate surface area is 135 Å². The van der Waals surface area contributed by atoms with Crippen molar-refractivity contribution in [2.45, 2.75) is 25.4 Å². The predicted octanol–water partition coefficient (Wildman–Crippen LogP) is 0.617. The molecule has 112 valence electrons. The molecule has 0 aliphatic heterocycles. The summed E-state index contributed by atoms with van der Waals surface area (Å²) in [5.74, 6) is -0.683. The second-order valence-electron chi connectivity index (χ2n) is 4.41. The van der Waals surface area contributed by atoms with Crippen molar-refractivity contribution in [2.24, 2.45) is 0 Å². The minimum atomic E-state index is -0.777. The highest BCUT2D eigenvalue weighted by Crippen LogP contribution is 2.11.